The second-order valence-electron chi connectivity index (χ2n) is 7.56. The van der Waals surface area contributed by atoms with E-state index in [-0.39, 0.29) is 0 Å². The van der Waals surface area contributed by atoms with Crippen LogP contribution in [0.3, 0.4) is 0 Å². The van der Waals surface area contributed by atoms with Crippen molar-refractivity contribution >= 4 is 5.65 Å². The molecule has 0 aliphatic carbocycles. The second kappa shape index (κ2) is 8.69. The Kier molecular flexibility index (Phi) is 5.86. The third kappa shape index (κ3) is 4.50. The zero-order chi connectivity index (χ0) is 19.3. The monoisotopic (exact) mass is 379 g/mol. The summed E-state index contributed by atoms with van der Waals surface area (Å²) in [4.78, 5) is 16.3. The Labute approximate surface area is 166 Å². The number of pyridine rings is 1. The fraction of sp³-hybridized carbons (Fsp3) is 0.500. The molecule has 28 heavy (non-hydrogen) atoms. The van der Waals surface area contributed by atoms with E-state index in [0.717, 1.165) is 53.7 Å². The molecule has 0 aromatic carbocycles. The molecule has 1 aliphatic heterocycles. The second-order valence-corrected chi connectivity index (χ2v) is 7.56. The maximum Gasteiger partial charge on any atom is 0.199 e. The van der Waals surface area contributed by atoms with Crippen molar-refractivity contribution in [1.82, 2.24) is 24.3 Å². The van der Waals surface area contributed by atoms with Gasteiger partial charge in [0.05, 0.1) is 6.61 Å². The molecule has 0 spiro atoms. The average molecular weight is 380 g/mol. The minimum atomic E-state index is 0.683. The molecular formula is C22H29N5O. The van der Waals surface area contributed by atoms with E-state index in [1.54, 1.807) is 0 Å². The van der Waals surface area contributed by atoms with Crippen molar-refractivity contribution in [3.05, 3.63) is 53.4 Å². The number of hydrogen-bond acceptors (Lipinski definition) is 5. The van der Waals surface area contributed by atoms with E-state index in [1.807, 2.05) is 23.7 Å². The van der Waals surface area contributed by atoms with Gasteiger partial charge >= 0.3 is 0 Å². The number of fused-ring (bicyclic) bond motifs is 1. The molecule has 1 saturated heterocycles. The molecule has 4 heterocycles. The van der Waals surface area contributed by atoms with Gasteiger partial charge in [-0.05, 0) is 63.4 Å². The van der Waals surface area contributed by atoms with Crippen LogP contribution in [0, 0.1) is 6.92 Å². The highest BCUT2D eigenvalue weighted by molar-refractivity contribution is 5.46. The summed E-state index contributed by atoms with van der Waals surface area (Å²) in [7, 11) is 0. The summed E-state index contributed by atoms with van der Waals surface area (Å²) in [6, 6.07) is 6.24. The number of nitrogens with zero attached hydrogens (tertiary/aromatic N) is 5. The SMILES string of the molecule is CCc1cc(C)nc(Cc2cc(OCCCN3CCCC3)n3ccnc3c2)n1. The van der Waals surface area contributed by atoms with Gasteiger partial charge in [0.2, 0.25) is 0 Å². The third-order valence-corrected chi connectivity index (χ3v) is 5.28. The molecule has 148 valence electrons. The summed E-state index contributed by atoms with van der Waals surface area (Å²) in [6.07, 6.45) is 9.07. The number of likely N-dealkylation sites (tertiary alicyclic amines) is 1. The van der Waals surface area contributed by atoms with Gasteiger partial charge in [0.1, 0.15) is 11.5 Å². The Morgan fingerprint density at radius 1 is 1.11 bits per heavy atom. The van der Waals surface area contributed by atoms with Crippen LogP contribution < -0.4 is 4.74 Å². The van der Waals surface area contributed by atoms with Gasteiger partial charge in [-0.2, -0.15) is 0 Å². The molecule has 0 N–H and O–H groups in total. The van der Waals surface area contributed by atoms with Crippen LogP contribution in [0.2, 0.25) is 0 Å². The minimum absolute atomic E-state index is 0.683. The smallest absolute Gasteiger partial charge is 0.199 e. The Morgan fingerprint density at radius 3 is 2.79 bits per heavy atom. The van der Waals surface area contributed by atoms with Gasteiger partial charge in [0.25, 0.3) is 0 Å². The van der Waals surface area contributed by atoms with Crippen molar-refractivity contribution in [3.8, 4) is 5.88 Å². The van der Waals surface area contributed by atoms with Crippen LogP contribution in [0.15, 0.2) is 30.6 Å². The van der Waals surface area contributed by atoms with E-state index < -0.39 is 0 Å². The van der Waals surface area contributed by atoms with Gasteiger partial charge in [-0.3, -0.25) is 4.40 Å². The molecule has 0 saturated carbocycles. The number of ether oxygens (including phenoxy) is 1. The minimum Gasteiger partial charge on any atom is -0.478 e. The Balaban J connectivity index is 1.47. The predicted molar refractivity (Wildman–Crippen MR) is 110 cm³/mol. The molecule has 1 aliphatic rings. The first-order valence-corrected chi connectivity index (χ1v) is 10.4. The number of hydrogen-bond donors (Lipinski definition) is 0. The fourth-order valence-corrected chi connectivity index (χ4v) is 3.87. The van der Waals surface area contributed by atoms with Crippen molar-refractivity contribution in [1.29, 1.82) is 0 Å². The molecule has 0 amide bonds. The summed E-state index contributed by atoms with van der Waals surface area (Å²) in [5, 5.41) is 0. The maximum atomic E-state index is 6.14. The van der Waals surface area contributed by atoms with Crippen LogP contribution in [0.4, 0.5) is 0 Å². The Morgan fingerprint density at radius 2 is 1.96 bits per heavy atom. The third-order valence-electron chi connectivity index (χ3n) is 5.28. The first kappa shape index (κ1) is 18.9. The summed E-state index contributed by atoms with van der Waals surface area (Å²) < 4.78 is 8.15. The molecule has 1 fully saturated rings. The van der Waals surface area contributed by atoms with E-state index in [4.69, 9.17) is 4.74 Å². The van der Waals surface area contributed by atoms with Crippen LogP contribution >= 0.6 is 0 Å². The Hall–Kier alpha value is -2.47. The van der Waals surface area contributed by atoms with Gasteiger partial charge in [0, 0.05) is 42.8 Å². The quantitative estimate of drug-likeness (QED) is 0.561. The van der Waals surface area contributed by atoms with E-state index in [0.29, 0.717) is 13.0 Å². The molecule has 0 radical (unpaired) electrons. The lowest BCUT2D eigenvalue weighted by Crippen LogP contribution is -2.22. The molecule has 6 heteroatoms. The van der Waals surface area contributed by atoms with Crippen molar-refractivity contribution in [2.45, 2.75) is 46.0 Å². The van der Waals surface area contributed by atoms with Gasteiger partial charge in [-0.1, -0.05) is 6.92 Å². The van der Waals surface area contributed by atoms with Crippen molar-refractivity contribution in [2.24, 2.45) is 0 Å². The lowest BCUT2D eigenvalue weighted by Gasteiger charge is -2.15. The topological polar surface area (TPSA) is 55.5 Å². The highest BCUT2D eigenvalue weighted by Gasteiger charge is 2.12. The Bertz CT molecular complexity index is 930. The summed E-state index contributed by atoms with van der Waals surface area (Å²) in [5.41, 5.74) is 4.13. The summed E-state index contributed by atoms with van der Waals surface area (Å²) >= 11 is 0. The lowest BCUT2D eigenvalue weighted by atomic mass is 10.1. The van der Waals surface area contributed by atoms with Crippen LogP contribution in [-0.4, -0.2) is 50.5 Å². The molecule has 0 unspecified atom stereocenters. The molecular weight excluding hydrogens is 350 g/mol. The van der Waals surface area contributed by atoms with E-state index in [1.165, 1.54) is 25.9 Å². The molecule has 6 nitrogen and oxygen atoms in total. The van der Waals surface area contributed by atoms with Crippen LogP contribution in [0.5, 0.6) is 5.88 Å². The summed E-state index contributed by atoms with van der Waals surface area (Å²) in [6.45, 7) is 8.44. The zero-order valence-corrected chi connectivity index (χ0v) is 16.9. The highest BCUT2D eigenvalue weighted by atomic mass is 16.5. The van der Waals surface area contributed by atoms with Crippen LogP contribution in [0.25, 0.3) is 5.65 Å². The molecule has 0 bridgehead atoms. The number of rotatable bonds is 8. The van der Waals surface area contributed by atoms with E-state index in [9.17, 15) is 0 Å². The number of aryl methyl sites for hydroxylation is 2. The van der Waals surface area contributed by atoms with Gasteiger partial charge in [0.15, 0.2) is 5.88 Å². The predicted octanol–water partition coefficient (Wildman–Crippen LogP) is 3.45. The molecule has 3 aromatic rings. The number of aromatic nitrogens is 4. The van der Waals surface area contributed by atoms with Gasteiger partial charge in [-0.25, -0.2) is 15.0 Å². The zero-order valence-electron chi connectivity index (χ0n) is 16.9. The first-order valence-electron chi connectivity index (χ1n) is 10.4. The average Bonchev–Trinajstić information content (AvgIpc) is 3.36. The summed E-state index contributed by atoms with van der Waals surface area (Å²) in [5.74, 6) is 1.70. The van der Waals surface area contributed by atoms with Crippen LogP contribution in [0.1, 0.15) is 49.0 Å². The van der Waals surface area contributed by atoms with E-state index in [2.05, 4.69) is 45.0 Å². The van der Waals surface area contributed by atoms with Crippen molar-refractivity contribution < 1.29 is 4.74 Å². The maximum absolute atomic E-state index is 6.14. The van der Waals surface area contributed by atoms with Crippen LogP contribution in [-0.2, 0) is 12.8 Å². The fourth-order valence-electron chi connectivity index (χ4n) is 3.87. The molecule has 0 atom stereocenters. The molecule has 3 aromatic heterocycles. The van der Waals surface area contributed by atoms with E-state index >= 15 is 0 Å². The standard InChI is InChI=1S/C22H29N5O/c1-3-19-13-17(2)24-20(25-19)14-18-15-21-23-7-11-27(21)22(16-18)28-12-6-10-26-8-4-5-9-26/h7,11,13,15-16H,3-6,8-10,12,14H2,1-2H3. The van der Waals surface area contributed by atoms with Gasteiger partial charge < -0.3 is 9.64 Å². The number of imidazole rings is 1. The molecule has 4 rings (SSSR count). The van der Waals surface area contributed by atoms with Gasteiger partial charge in [-0.15, -0.1) is 0 Å². The van der Waals surface area contributed by atoms with Crippen molar-refractivity contribution in [3.63, 3.8) is 0 Å². The first-order chi connectivity index (χ1) is 13.7. The highest BCUT2D eigenvalue weighted by Crippen LogP contribution is 2.20. The van der Waals surface area contributed by atoms with Crippen molar-refractivity contribution in [2.75, 3.05) is 26.2 Å². The lowest BCUT2D eigenvalue weighted by molar-refractivity contribution is 0.255. The normalized spacial score (nSPS) is 14.8. The largest absolute Gasteiger partial charge is 0.478 e.